The summed E-state index contributed by atoms with van der Waals surface area (Å²) in [5.41, 5.74) is 12.3. The van der Waals surface area contributed by atoms with Gasteiger partial charge in [-0.3, -0.25) is 4.79 Å². The quantitative estimate of drug-likeness (QED) is 0.652. The minimum atomic E-state index is -0.686. The van der Waals surface area contributed by atoms with Gasteiger partial charge in [-0.15, -0.1) is 10.2 Å². The highest BCUT2D eigenvalue weighted by molar-refractivity contribution is 5.96. The van der Waals surface area contributed by atoms with Crippen molar-refractivity contribution in [3.8, 4) is 0 Å². The van der Waals surface area contributed by atoms with Gasteiger partial charge in [0.05, 0.1) is 0 Å². The number of nitrogens with one attached hydrogen (secondary N) is 2. The Morgan fingerprint density at radius 1 is 1.12 bits per heavy atom. The summed E-state index contributed by atoms with van der Waals surface area (Å²) in [6.07, 6.45) is 4.19. The maximum atomic E-state index is 11.6. The molecular formula is C16H21N7O. The molecule has 1 aliphatic carbocycles. The van der Waals surface area contributed by atoms with Crippen LogP contribution in [0.15, 0.2) is 30.3 Å². The maximum Gasteiger partial charge on any atom is 0.273 e. The van der Waals surface area contributed by atoms with Crippen LogP contribution in [0.5, 0.6) is 0 Å². The standard InChI is InChI=1S/C16H21N7O/c17-11-8-4-5-9-12(11)20-16-21-15(13(14(18)24)22-23-16)19-10-6-2-1-3-7-10/h1-3,6-7,11-12H,4-5,8-9,17H2,(H2,18,24)(H2,19,20,21,23). The molecule has 0 bridgehead atoms. The number of primary amides is 1. The molecule has 6 N–H and O–H groups in total. The van der Waals surface area contributed by atoms with E-state index in [9.17, 15) is 4.79 Å². The number of nitrogens with two attached hydrogens (primary N) is 2. The molecule has 1 fully saturated rings. The number of para-hydroxylation sites is 1. The van der Waals surface area contributed by atoms with E-state index >= 15 is 0 Å². The lowest BCUT2D eigenvalue weighted by Crippen LogP contribution is -2.43. The zero-order chi connectivity index (χ0) is 16.9. The van der Waals surface area contributed by atoms with Crippen LogP contribution in [0.1, 0.15) is 36.2 Å². The highest BCUT2D eigenvalue weighted by Gasteiger charge is 2.23. The van der Waals surface area contributed by atoms with Crippen LogP contribution in [0.2, 0.25) is 0 Å². The van der Waals surface area contributed by atoms with E-state index in [1.165, 1.54) is 0 Å². The molecule has 0 radical (unpaired) electrons. The van der Waals surface area contributed by atoms with E-state index in [2.05, 4.69) is 25.8 Å². The van der Waals surface area contributed by atoms with E-state index in [-0.39, 0.29) is 23.6 Å². The molecule has 1 saturated carbocycles. The SMILES string of the molecule is NC(=O)c1nnc(NC2CCCCC2N)nc1Nc1ccccc1. The fraction of sp³-hybridized carbons (Fsp3) is 0.375. The van der Waals surface area contributed by atoms with Crippen molar-refractivity contribution in [3.05, 3.63) is 36.0 Å². The molecule has 8 heteroatoms. The summed E-state index contributed by atoms with van der Waals surface area (Å²) in [5, 5.41) is 14.2. The molecule has 2 unspecified atom stereocenters. The van der Waals surface area contributed by atoms with Gasteiger partial charge in [0.1, 0.15) is 0 Å². The predicted octanol–water partition coefficient (Wildman–Crippen LogP) is 1.40. The first-order chi connectivity index (χ1) is 11.6. The van der Waals surface area contributed by atoms with Crippen molar-refractivity contribution in [2.24, 2.45) is 11.5 Å². The molecule has 126 valence electrons. The summed E-state index contributed by atoms with van der Waals surface area (Å²) in [4.78, 5) is 15.9. The minimum Gasteiger partial charge on any atom is -0.364 e. The third kappa shape index (κ3) is 3.77. The number of anilines is 3. The van der Waals surface area contributed by atoms with Crippen LogP contribution in [0.25, 0.3) is 0 Å². The van der Waals surface area contributed by atoms with Crippen LogP contribution in [0, 0.1) is 0 Å². The van der Waals surface area contributed by atoms with Gasteiger partial charge in [-0.25, -0.2) is 0 Å². The van der Waals surface area contributed by atoms with Gasteiger partial charge in [0.25, 0.3) is 5.91 Å². The molecule has 0 aliphatic heterocycles. The van der Waals surface area contributed by atoms with Gasteiger partial charge in [0, 0.05) is 17.8 Å². The monoisotopic (exact) mass is 327 g/mol. The van der Waals surface area contributed by atoms with Crippen molar-refractivity contribution >= 4 is 23.4 Å². The van der Waals surface area contributed by atoms with Gasteiger partial charge < -0.3 is 22.1 Å². The highest BCUT2D eigenvalue weighted by atomic mass is 16.1. The Morgan fingerprint density at radius 3 is 2.58 bits per heavy atom. The molecule has 0 spiro atoms. The number of nitrogens with zero attached hydrogens (tertiary/aromatic N) is 3. The third-order valence-corrected chi connectivity index (χ3v) is 4.09. The summed E-state index contributed by atoms with van der Waals surface area (Å²) in [6.45, 7) is 0. The molecule has 2 aromatic rings. The summed E-state index contributed by atoms with van der Waals surface area (Å²) >= 11 is 0. The second-order valence-electron chi connectivity index (χ2n) is 5.89. The Labute approximate surface area is 140 Å². The summed E-state index contributed by atoms with van der Waals surface area (Å²) < 4.78 is 0. The van der Waals surface area contributed by atoms with Crippen molar-refractivity contribution < 1.29 is 4.79 Å². The topological polar surface area (TPSA) is 132 Å². The third-order valence-electron chi connectivity index (χ3n) is 4.09. The van der Waals surface area contributed by atoms with Crippen molar-refractivity contribution in [3.63, 3.8) is 0 Å². The Hall–Kier alpha value is -2.74. The van der Waals surface area contributed by atoms with E-state index < -0.39 is 5.91 Å². The van der Waals surface area contributed by atoms with Crippen LogP contribution in [0.4, 0.5) is 17.5 Å². The zero-order valence-corrected chi connectivity index (χ0v) is 13.3. The van der Waals surface area contributed by atoms with Crippen molar-refractivity contribution in [1.29, 1.82) is 0 Å². The van der Waals surface area contributed by atoms with Crippen molar-refractivity contribution in [2.45, 2.75) is 37.8 Å². The first-order valence-corrected chi connectivity index (χ1v) is 8.02. The second kappa shape index (κ2) is 7.22. The van der Waals surface area contributed by atoms with E-state index in [4.69, 9.17) is 11.5 Å². The fourth-order valence-corrected chi connectivity index (χ4v) is 2.80. The number of rotatable bonds is 5. The van der Waals surface area contributed by atoms with E-state index in [1.807, 2.05) is 30.3 Å². The van der Waals surface area contributed by atoms with Gasteiger partial charge in [0.2, 0.25) is 5.95 Å². The van der Waals surface area contributed by atoms with Gasteiger partial charge in [0.15, 0.2) is 11.5 Å². The number of hydrogen-bond acceptors (Lipinski definition) is 7. The van der Waals surface area contributed by atoms with Gasteiger partial charge in [-0.05, 0) is 25.0 Å². The van der Waals surface area contributed by atoms with E-state index in [1.54, 1.807) is 0 Å². The van der Waals surface area contributed by atoms with E-state index in [0.29, 0.717) is 5.95 Å². The van der Waals surface area contributed by atoms with Crippen molar-refractivity contribution in [1.82, 2.24) is 15.2 Å². The first-order valence-electron chi connectivity index (χ1n) is 8.02. The molecular weight excluding hydrogens is 306 g/mol. The Morgan fingerprint density at radius 2 is 1.88 bits per heavy atom. The molecule has 1 heterocycles. The highest BCUT2D eigenvalue weighted by Crippen LogP contribution is 2.21. The number of amides is 1. The molecule has 1 aromatic heterocycles. The van der Waals surface area contributed by atoms with Crippen molar-refractivity contribution in [2.75, 3.05) is 10.6 Å². The van der Waals surface area contributed by atoms with Crippen LogP contribution >= 0.6 is 0 Å². The Bertz CT molecular complexity index is 707. The predicted molar refractivity (Wildman–Crippen MR) is 91.9 cm³/mol. The lowest BCUT2D eigenvalue weighted by atomic mass is 9.91. The minimum absolute atomic E-state index is 0.00246. The maximum absolute atomic E-state index is 11.6. The molecule has 3 rings (SSSR count). The van der Waals surface area contributed by atoms with Gasteiger partial charge in [-0.2, -0.15) is 4.98 Å². The van der Waals surface area contributed by atoms with Crippen LogP contribution in [-0.2, 0) is 0 Å². The van der Waals surface area contributed by atoms with Gasteiger partial charge in [-0.1, -0.05) is 31.0 Å². The summed E-state index contributed by atoms with van der Waals surface area (Å²) in [6, 6.07) is 9.53. The zero-order valence-electron chi connectivity index (χ0n) is 13.3. The largest absolute Gasteiger partial charge is 0.364 e. The molecule has 24 heavy (non-hydrogen) atoms. The lowest BCUT2D eigenvalue weighted by molar-refractivity contribution is 0.0995. The molecule has 1 aliphatic rings. The lowest BCUT2D eigenvalue weighted by Gasteiger charge is -2.29. The fourth-order valence-electron chi connectivity index (χ4n) is 2.80. The van der Waals surface area contributed by atoms with Crippen LogP contribution in [0.3, 0.4) is 0 Å². The molecule has 8 nitrogen and oxygen atoms in total. The average Bonchev–Trinajstić information content (AvgIpc) is 2.58. The first kappa shape index (κ1) is 16.1. The Balaban J connectivity index is 1.83. The van der Waals surface area contributed by atoms with E-state index in [0.717, 1.165) is 31.4 Å². The second-order valence-corrected chi connectivity index (χ2v) is 5.89. The normalized spacial score (nSPS) is 20.4. The number of aromatic nitrogens is 3. The summed E-state index contributed by atoms with van der Waals surface area (Å²) in [7, 11) is 0. The number of carbonyl (C=O) groups excluding carboxylic acids is 1. The number of benzene rings is 1. The van der Waals surface area contributed by atoms with Gasteiger partial charge >= 0.3 is 0 Å². The van der Waals surface area contributed by atoms with Crippen LogP contribution in [-0.4, -0.2) is 33.2 Å². The average molecular weight is 327 g/mol. The number of hydrogen-bond donors (Lipinski definition) is 4. The molecule has 2 atom stereocenters. The molecule has 1 aromatic carbocycles. The number of carbonyl (C=O) groups is 1. The molecule has 0 saturated heterocycles. The van der Waals surface area contributed by atoms with Crippen LogP contribution < -0.4 is 22.1 Å². The Kier molecular flexibility index (Phi) is 4.85. The summed E-state index contributed by atoms with van der Waals surface area (Å²) in [5.74, 6) is -0.0780. The smallest absolute Gasteiger partial charge is 0.273 e. The molecule has 1 amide bonds.